The fourth-order valence-electron chi connectivity index (χ4n) is 2.18. The average molecular weight is 232 g/mol. The number of rotatable bonds is 4. The van der Waals surface area contributed by atoms with Crippen LogP contribution in [0.3, 0.4) is 0 Å². The molecule has 2 atom stereocenters. The van der Waals surface area contributed by atoms with Gasteiger partial charge in [-0.3, -0.25) is 4.79 Å². The number of benzene rings is 1. The number of hydrogen-bond acceptors (Lipinski definition) is 2. The highest BCUT2D eigenvalue weighted by Gasteiger charge is 2.26. The van der Waals surface area contributed by atoms with Crippen LogP contribution in [0.4, 0.5) is 0 Å². The molecule has 2 rings (SSSR count). The van der Waals surface area contributed by atoms with E-state index in [4.69, 9.17) is 5.73 Å². The lowest BCUT2D eigenvalue weighted by atomic mass is 9.80. The molecule has 1 aromatic rings. The van der Waals surface area contributed by atoms with E-state index in [-0.39, 0.29) is 11.9 Å². The molecule has 1 aromatic carbocycles. The Bertz CT molecular complexity index is 373. The van der Waals surface area contributed by atoms with Crippen LogP contribution in [0.5, 0.6) is 0 Å². The second-order valence-corrected chi connectivity index (χ2v) is 4.88. The molecule has 0 radical (unpaired) electrons. The Morgan fingerprint density at radius 3 is 2.53 bits per heavy atom. The Labute approximate surface area is 102 Å². The van der Waals surface area contributed by atoms with Gasteiger partial charge in [-0.2, -0.15) is 0 Å². The first-order valence-corrected chi connectivity index (χ1v) is 6.29. The number of hydrogen-bond donors (Lipinski definition) is 2. The molecule has 0 saturated heterocycles. The topological polar surface area (TPSA) is 55.1 Å². The van der Waals surface area contributed by atoms with Gasteiger partial charge in [-0.1, -0.05) is 36.8 Å². The number of nitrogens with one attached hydrogen (secondary N) is 1. The van der Waals surface area contributed by atoms with Crippen molar-refractivity contribution >= 4 is 5.91 Å². The third-order valence-electron chi connectivity index (χ3n) is 3.67. The van der Waals surface area contributed by atoms with Gasteiger partial charge in [0.2, 0.25) is 5.91 Å². The van der Waals surface area contributed by atoms with Gasteiger partial charge < -0.3 is 11.1 Å². The molecule has 0 aromatic heterocycles. The van der Waals surface area contributed by atoms with Crippen LogP contribution in [0.2, 0.25) is 0 Å². The summed E-state index contributed by atoms with van der Waals surface area (Å²) in [5.41, 5.74) is 6.80. The van der Waals surface area contributed by atoms with E-state index in [9.17, 15) is 4.79 Å². The van der Waals surface area contributed by atoms with Crippen LogP contribution in [0, 0.1) is 5.92 Å². The zero-order valence-corrected chi connectivity index (χ0v) is 10.2. The fraction of sp³-hybridized carbons (Fsp3) is 0.500. The van der Waals surface area contributed by atoms with Crippen molar-refractivity contribution < 1.29 is 4.79 Å². The van der Waals surface area contributed by atoms with E-state index in [1.54, 1.807) is 0 Å². The van der Waals surface area contributed by atoms with Gasteiger partial charge in [-0.25, -0.2) is 0 Å². The Morgan fingerprint density at radius 1 is 1.35 bits per heavy atom. The molecular formula is C14H20N2O. The van der Waals surface area contributed by atoms with Gasteiger partial charge >= 0.3 is 0 Å². The summed E-state index contributed by atoms with van der Waals surface area (Å²) in [7, 11) is 0. The van der Waals surface area contributed by atoms with Crippen molar-refractivity contribution in [1.82, 2.24) is 5.32 Å². The van der Waals surface area contributed by atoms with Crippen LogP contribution >= 0.6 is 0 Å². The predicted molar refractivity (Wildman–Crippen MR) is 68.3 cm³/mol. The SMILES string of the molecule is CC(NC(=O)[C@@H](N)c1ccccc1)C1CCC1. The molecular weight excluding hydrogens is 212 g/mol. The monoisotopic (exact) mass is 232 g/mol. The highest BCUT2D eigenvalue weighted by molar-refractivity contribution is 5.83. The van der Waals surface area contributed by atoms with E-state index in [2.05, 4.69) is 12.2 Å². The number of nitrogens with two attached hydrogens (primary N) is 1. The lowest BCUT2D eigenvalue weighted by Crippen LogP contribution is -2.44. The molecule has 0 aliphatic heterocycles. The Morgan fingerprint density at radius 2 is 2.00 bits per heavy atom. The summed E-state index contributed by atoms with van der Waals surface area (Å²) in [6, 6.07) is 9.18. The van der Waals surface area contributed by atoms with E-state index in [1.807, 2.05) is 30.3 Å². The van der Waals surface area contributed by atoms with Crippen molar-refractivity contribution in [1.29, 1.82) is 0 Å². The van der Waals surface area contributed by atoms with Gasteiger partial charge in [0, 0.05) is 6.04 Å². The van der Waals surface area contributed by atoms with Crippen molar-refractivity contribution in [3.63, 3.8) is 0 Å². The van der Waals surface area contributed by atoms with Gasteiger partial charge in [-0.05, 0) is 31.2 Å². The minimum atomic E-state index is -0.557. The normalized spacial score (nSPS) is 19.2. The molecule has 1 fully saturated rings. The van der Waals surface area contributed by atoms with Crippen LogP contribution in [0.1, 0.15) is 37.8 Å². The van der Waals surface area contributed by atoms with Gasteiger partial charge in [0.05, 0.1) is 0 Å². The first-order valence-electron chi connectivity index (χ1n) is 6.29. The first-order chi connectivity index (χ1) is 8.18. The molecule has 1 aliphatic rings. The summed E-state index contributed by atoms with van der Waals surface area (Å²) >= 11 is 0. The Hall–Kier alpha value is -1.35. The zero-order chi connectivity index (χ0) is 12.3. The van der Waals surface area contributed by atoms with Gasteiger partial charge in [0.25, 0.3) is 0 Å². The highest BCUT2D eigenvalue weighted by atomic mass is 16.2. The third kappa shape index (κ3) is 2.86. The molecule has 1 amide bonds. The van der Waals surface area contributed by atoms with Gasteiger partial charge in [0.1, 0.15) is 6.04 Å². The van der Waals surface area contributed by atoms with Crippen molar-refractivity contribution in [3.8, 4) is 0 Å². The Balaban J connectivity index is 1.91. The fourth-order valence-corrected chi connectivity index (χ4v) is 2.18. The molecule has 1 saturated carbocycles. The summed E-state index contributed by atoms with van der Waals surface area (Å²) in [6.07, 6.45) is 3.74. The second kappa shape index (κ2) is 5.32. The van der Waals surface area contributed by atoms with Gasteiger partial charge in [-0.15, -0.1) is 0 Å². The van der Waals surface area contributed by atoms with Gasteiger partial charge in [0.15, 0.2) is 0 Å². The van der Waals surface area contributed by atoms with Crippen molar-refractivity contribution in [2.75, 3.05) is 0 Å². The smallest absolute Gasteiger partial charge is 0.241 e. The number of carbonyl (C=O) groups excluding carboxylic acids is 1. The maximum Gasteiger partial charge on any atom is 0.241 e. The summed E-state index contributed by atoms with van der Waals surface area (Å²) in [5.74, 6) is 0.567. The zero-order valence-electron chi connectivity index (χ0n) is 10.2. The minimum Gasteiger partial charge on any atom is -0.352 e. The quantitative estimate of drug-likeness (QED) is 0.834. The molecule has 1 aliphatic carbocycles. The first kappa shape index (κ1) is 12.1. The molecule has 92 valence electrons. The molecule has 0 spiro atoms. The standard InChI is InChI=1S/C14H20N2O/c1-10(11-8-5-9-11)16-14(17)13(15)12-6-3-2-4-7-12/h2-4,6-7,10-11,13H,5,8-9,15H2,1H3,(H,16,17)/t10?,13-/m0/s1. The molecule has 0 heterocycles. The molecule has 3 N–H and O–H groups in total. The van der Waals surface area contributed by atoms with E-state index in [1.165, 1.54) is 19.3 Å². The van der Waals surface area contributed by atoms with Crippen LogP contribution in [-0.4, -0.2) is 11.9 Å². The van der Waals surface area contributed by atoms with E-state index in [0.29, 0.717) is 5.92 Å². The van der Waals surface area contributed by atoms with Crippen molar-refractivity contribution in [2.45, 2.75) is 38.3 Å². The lowest BCUT2D eigenvalue weighted by molar-refractivity contribution is -0.123. The summed E-state index contributed by atoms with van der Waals surface area (Å²) in [6.45, 7) is 2.07. The largest absolute Gasteiger partial charge is 0.352 e. The maximum atomic E-state index is 12.0. The molecule has 3 nitrogen and oxygen atoms in total. The van der Waals surface area contributed by atoms with Crippen molar-refractivity contribution in [2.24, 2.45) is 11.7 Å². The molecule has 0 bridgehead atoms. The number of carbonyl (C=O) groups is 1. The van der Waals surface area contributed by atoms with Crippen LogP contribution in [-0.2, 0) is 4.79 Å². The predicted octanol–water partition coefficient (Wildman–Crippen LogP) is 1.99. The van der Waals surface area contributed by atoms with Crippen LogP contribution in [0.25, 0.3) is 0 Å². The highest BCUT2D eigenvalue weighted by Crippen LogP contribution is 2.29. The third-order valence-corrected chi connectivity index (χ3v) is 3.67. The van der Waals surface area contributed by atoms with Crippen molar-refractivity contribution in [3.05, 3.63) is 35.9 Å². The molecule has 17 heavy (non-hydrogen) atoms. The lowest BCUT2D eigenvalue weighted by Gasteiger charge is -2.32. The summed E-state index contributed by atoms with van der Waals surface area (Å²) in [5, 5.41) is 3.02. The molecule has 1 unspecified atom stereocenters. The second-order valence-electron chi connectivity index (χ2n) is 4.88. The summed E-state index contributed by atoms with van der Waals surface area (Å²) < 4.78 is 0. The average Bonchev–Trinajstić information content (AvgIpc) is 2.26. The van der Waals surface area contributed by atoms with Crippen LogP contribution < -0.4 is 11.1 Å². The maximum absolute atomic E-state index is 12.0. The van der Waals surface area contributed by atoms with E-state index < -0.39 is 6.04 Å². The van der Waals surface area contributed by atoms with E-state index in [0.717, 1.165) is 5.56 Å². The number of amides is 1. The Kier molecular flexibility index (Phi) is 3.79. The summed E-state index contributed by atoms with van der Waals surface area (Å²) in [4.78, 5) is 12.0. The molecule has 3 heteroatoms. The minimum absolute atomic E-state index is 0.0735. The van der Waals surface area contributed by atoms with E-state index >= 15 is 0 Å². The van der Waals surface area contributed by atoms with Crippen LogP contribution in [0.15, 0.2) is 30.3 Å².